The number of likely N-dealkylation sites (tertiary alicyclic amines) is 1. The highest BCUT2D eigenvalue weighted by atomic mass is 16.2. The minimum Gasteiger partial charge on any atom is -0.322 e. The predicted octanol–water partition coefficient (Wildman–Crippen LogP) is 2.44. The Kier molecular flexibility index (Phi) is 6.06. The molecule has 0 saturated carbocycles. The highest BCUT2D eigenvalue weighted by molar-refractivity contribution is 5.84. The molecule has 2 rings (SSSR count). The second-order valence-electron chi connectivity index (χ2n) is 7.23. The van der Waals surface area contributed by atoms with Crippen molar-refractivity contribution in [2.24, 2.45) is 5.92 Å². The Balaban J connectivity index is 1.96. The number of nitrogens with zero attached hydrogens (tertiary/aromatic N) is 2. The molecule has 2 aliphatic heterocycles. The molecule has 122 valence electrons. The largest absolute Gasteiger partial charge is 0.322 e. The summed E-state index contributed by atoms with van der Waals surface area (Å²) in [5.74, 6) is 0.876. The molecule has 3 atom stereocenters. The van der Waals surface area contributed by atoms with Crippen LogP contribution in [0.15, 0.2) is 0 Å². The van der Waals surface area contributed by atoms with Gasteiger partial charge in [-0.15, -0.1) is 0 Å². The summed E-state index contributed by atoms with van der Waals surface area (Å²) in [6.07, 6.45) is 6.15. The first kappa shape index (κ1) is 16.8. The van der Waals surface area contributed by atoms with Gasteiger partial charge in [-0.05, 0) is 51.6 Å². The zero-order valence-electron chi connectivity index (χ0n) is 14.3. The van der Waals surface area contributed by atoms with Gasteiger partial charge in [-0.3, -0.25) is 10.1 Å². The number of carbonyl (C=O) groups is 1. The lowest BCUT2D eigenvalue weighted by molar-refractivity contribution is -0.132. The Morgan fingerprint density at radius 1 is 1.19 bits per heavy atom. The molecule has 0 aromatic rings. The maximum absolute atomic E-state index is 12.7. The van der Waals surface area contributed by atoms with Gasteiger partial charge in [0.2, 0.25) is 5.91 Å². The van der Waals surface area contributed by atoms with Gasteiger partial charge in [0.15, 0.2) is 0 Å². The maximum atomic E-state index is 12.7. The van der Waals surface area contributed by atoms with Crippen molar-refractivity contribution in [3.63, 3.8) is 0 Å². The van der Waals surface area contributed by atoms with Gasteiger partial charge in [0, 0.05) is 12.6 Å². The molecule has 0 aromatic heterocycles. The maximum Gasteiger partial charge on any atom is 0.241 e. The fraction of sp³-hybridized carbons (Fsp3) is 0.941. The van der Waals surface area contributed by atoms with Crippen LogP contribution in [0.2, 0.25) is 0 Å². The number of piperidine rings is 1. The van der Waals surface area contributed by atoms with Crippen LogP contribution >= 0.6 is 0 Å². The summed E-state index contributed by atoms with van der Waals surface area (Å²) in [6.45, 7) is 12.2. The molecule has 1 N–H and O–H groups in total. The van der Waals surface area contributed by atoms with E-state index in [0.717, 1.165) is 19.4 Å². The van der Waals surface area contributed by atoms with Gasteiger partial charge in [-0.1, -0.05) is 27.2 Å². The van der Waals surface area contributed by atoms with Gasteiger partial charge in [-0.25, -0.2) is 0 Å². The Hall–Kier alpha value is -0.610. The molecule has 2 saturated heterocycles. The first-order chi connectivity index (χ1) is 10.0. The van der Waals surface area contributed by atoms with E-state index >= 15 is 0 Å². The van der Waals surface area contributed by atoms with E-state index < -0.39 is 0 Å². The number of carbonyl (C=O) groups excluding carboxylic acids is 1. The average Bonchev–Trinajstić information content (AvgIpc) is 2.76. The van der Waals surface area contributed by atoms with Crippen LogP contribution in [0.1, 0.15) is 59.8 Å². The summed E-state index contributed by atoms with van der Waals surface area (Å²) in [5, 5.41) is 3.55. The summed E-state index contributed by atoms with van der Waals surface area (Å²) in [4.78, 5) is 17.4. The number of amides is 1. The third-order valence-electron chi connectivity index (χ3n) is 4.82. The van der Waals surface area contributed by atoms with E-state index in [9.17, 15) is 4.79 Å². The fourth-order valence-electron chi connectivity index (χ4n) is 3.80. The molecular formula is C17H33N3O. The van der Waals surface area contributed by atoms with Crippen molar-refractivity contribution >= 4 is 5.91 Å². The van der Waals surface area contributed by atoms with Crippen molar-refractivity contribution in [2.45, 2.75) is 78.0 Å². The molecule has 0 bridgehead atoms. The first-order valence-corrected chi connectivity index (χ1v) is 8.83. The van der Waals surface area contributed by atoms with E-state index in [-0.39, 0.29) is 12.2 Å². The number of nitrogens with one attached hydrogen (secondary N) is 1. The number of hydrogen-bond donors (Lipinski definition) is 1. The zero-order valence-corrected chi connectivity index (χ0v) is 14.3. The lowest BCUT2D eigenvalue weighted by atomic mass is 10.0. The predicted molar refractivity (Wildman–Crippen MR) is 87.1 cm³/mol. The molecule has 0 aromatic carbocycles. The molecule has 4 nitrogen and oxygen atoms in total. The van der Waals surface area contributed by atoms with Crippen LogP contribution in [0.5, 0.6) is 0 Å². The molecule has 21 heavy (non-hydrogen) atoms. The summed E-state index contributed by atoms with van der Waals surface area (Å²) < 4.78 is 0. The van der Waals surface area contributed by atoms with Crippen molar-refractivity contribution in [3.8, 4) is 0 Å². The van der Waals surface area contributed by atoms with Gasteiger partial charge in [0.1, 0.15) is 0 Å². The Labute approximate surface area is 130 Å². The average molecular weight is 295 g/mol. The van der Waals surface area contributed by atoms with E-state index in [1.807, 2.05) is 0 Å². The van der Waals surface area contributed by atoms with Crippen molar-refractivity contribution in [2.75, 3.05) is 19.6 Å². The second kappa shape index (κ2) is 7.59. The normalized spacial score (nSPS) is 29.4. The smallest absolute Gasteiger partial charge is 0.241 e. The SMILES string of the molecule is CCC1NC(CC(C)C)C(=O)N1C(C)CN1CCCCC1. The monoisotopic (exact) mass is 295 g/mol. The van der Waals surface area contributed by atoms with Crippen molar-refractivity contribution in [1.82, 2.24) is 15.1 Å². The van der Waals surface area contributed by atoms with Crippen LogP contribution in [0, 0.1) is 5.92 Å². The summed E-state index contributed by atoms with van der Waals surface area (Å²) in [5.41, 5.74) is 0. The number of rotatable bonds is 6. The Morgan fingerprint density at radius 2 is 1.86 bits per heavy atom. The van der Waals surface area contributed by atoms with Crippen LogP contribution in [-0.4, -0.2) is 53.6 Å². The lowest BCUT2D eigenvalue weighted by Crippen LogP contribution is -2.49. The lowest BCUT2D eigenvalue weighted by Gasteiger charge is -2.35. The van der Waals surface area contributed by atoms with E-state index in [2.05, 4.69) is 42.8 Å². The van der Waals surface area contributed by atoms with E-state index in [0.29, 0.717) is 17.9 Å². The zero-order chi connectivity index (χ0) is 15.4. The van der Waals surface area contributed by atoms with Crippen molar-refractivity contribution in [3.05, 3.63) is 0 Å². The third-order valence-corrected chi connectivity index (χ3v) is 4.82. The van der Waals surface area contributed by atoms with Crippen molar-refractivity contribution in [1.29, 1.82) is 0 Å². The molecule has 2 heterocycles. The fourth-order valence-corrected chi connectivity index (χ4v) is 3.80. The van der Waals surface area contributed by atoms with Gasteiger partial charge in [-0.2, -0.15) is 0 Å². The topological polar surface area (TPSA) is 35.6 Å². The first-order valence-electron chi connectivity index (χ1n) is 8.83. The summed E-state index contributed by atoms with van der Waals surface area (Å²) in [7, 11) is 0. The van der Waals surface area contributed by atoms with Crippen LogP contribution in [0.25, 0.3) is 0 Å². The molecule has 0 aliphatic carbocycles. The molecular weight excluding hydrogens is 262 g/mol. The molecule has 1 amide bonds. The van der Waals surface area contributed by atoms with E-state index in [1.54, 1.807) is 0 Å². The molecule has 2 fully saturated rings. The second-order valence-corrected chi connectivity index (χ2v) is 7.23. The van der Waals surface area contributed by atoms with E-state index in [1.165, 1.54) is 32.4 Å². The van der Waals surface area contributed by atoms with Crippen molar-refractivity contribution < 1.29 is 4.79 Å². The van der Waals surface area contributed by atoms with Gasteiger partial charge >= 0.3 is 0 Å². The minimum atomic E-state index is 0.0266. The number of hydrogen-bond acceptors (Lipinski definition) is 3. The quantitative estimate of drug-likeness (QED) is 0.817. The molecule has 4 heteroatoms. The van der Waals surface area contributed by atoms with Crippen LogP contribution in [0.3, 0.4) is 0 Å². The summed E-state index contributed by atoms with van der Waals surface area (Å²) >= 11 is 0. The standard InChI is InChI=1S/C17H33N3O/c1-5-16-18-15(11-13(2)3)17(21)20(16)14(4)12-19-9-7-6-8-10-19/h13-16,18H,5-12H2,1-4H3. The molecule has 0 spiro atoms. The molecule has 0 radical (unpaired) electrons. The van der Waals surface area contributed by atoms with Gasteiger partial charge in [0.25, 0.3) is 0 Å². The Morgan fingerprint density at radius 3 is 2.43 bits per heavy atom. The third kappa shape index (κ3) is 4.19. The van der Waals surface area contributed by atoms with E-state index in [4.69, 9.17) is 0 Å². The highest BCUT2D eigenvalue weighted by Gasteiger charge is 2.40. The van der Waals surface area contributed by atoms with Crippen LogP contribution in [0.4, 0.5) is 0 Å². The van der Waals surface area contributed by atoms with Crippen LogP contribution < -0.4 is 5.32 Å². The van der Waals surface area contributed by atoms with Gasteiger partial charge < -0.3 is 9.80 Å². The molecule has 2 aliphatic rings. The molecule has 3 unspecified atom stereocenters. The summed E-state index contributed by atoms with van der Waals surface area (Å²) in [6, 6.07) is 0.337. The highest BCUT2D eigenvalue weighted by Crippen LogP contribution is 2.22. The minimum absolute atomic E-state index is 0.0266. The van der Waals surface area contributed by atoms with Crippen LogP contribution in [-0.2, 0) is 4.79 Å². The Bertz CT molecular complexity index is 339. The van der Waals surface area contributed by atoms with Gasteiger partial charge in [0.05, 0.1) is 12.2 Å².